The second kappa shape index (κ2) is 5.80. The first-order chi connectivity index (χ1) is 8.69. The van der Waals surface area contributed by atoms with E-state index in [1.54, 1.807) is 13.4 Å². The average Bonchev–Trinajstić information content (AvgIpc) is 2.72. The summed E-state index contributed by atoms with van der Waals surface area (Å²) >= 11 is 0. The molecule has 1 aromatic rings. The number of nitrogens with zero attached hydrogens (tertiary/aromatic N) is 3. The van der Waals surface area contributed by atoms with E-state index < -0.39 is 0 Å². The van der Waals surface area contributed by atoms with Gasteiger partial charge >= 0.3 is 0 Å². The molecule has 1 saturated carbocycles. The van der Waals surface area contributed by atoms with E-state index in [0.29, 0.717) is 0 Å². The van der Waals surface area contributed by atoms with Gasteiger partial charge in [-0.15, -0.1) is 0 Å². The van der Waals surface area contributed by atoms with Gasteiger partial charge in [0.2, 0.25) is 0 Å². The molecule has 1 unspecified atom stereocenters. The van der Waals surface area contributed by atoms with Crippen LogP contribution < -0.4 is 5.73 Å². The van der Waals surface area contributed by atoms with Crippen molar-refractivity contribution in [2.24, 2.45) is 5.73 Å². The molecule has 0 saturated heterocycles. The largest absolute Gasteiger partial charge is 0.378 e. The van der Waals surface area contributed by atoms with E-state index in [-0.39, 0.29) is 11.6 Å². The van der Waals surface area contributed by atoms with Crippen LogP contribution in [0.1, 0.15) is 44.9 Å². The van der Waals surface area contributed by atoms with Gasteiger partial charge in [0.05, 0.1) is 5.60 Å². The summed E-state index contributed by atoms with van der Waals surface area (Å²) in [5.74, 6) is 0.995. The fourth-order valence-corrected chi connectivity index (χ4v) is 2.69. The number of hydrogen-bond acceptors (Lipinski definition) is 4. The fraction of sp³-hybridized carbons (Fsp3) is 0.846. The Balaban J connectivity index is 1.90. The Labute approximate surface area is 109 Å². The molecule has 1 aliphatic carbocycles. The van der Waals surface area contributed by atoms with E-state index in [9.17, 15) is 0 Å². The van der Waals surface area contributed by atoms with Crippen LogP contribution in [-0.4, -0.2) is 33.5 Å². The van der Waals surface area contributed by atoms with Gasteiger partial charge in [-0.3, -0.25) is 4.68 Å². The van der Waals surface area contributed by atoms with Gasteiger partial charge in [0.1, 0.15) is 12.2 Å². The second-order valence-electron chi connectivity index (χ2n) is 5.31. The molecule has 1 aliphatic rings. The number of ether oxygens (including phenoxy) is 1. The zero-order valence-electron chi connectivity index (χ0n) is 11.4. The highest BCUT2D eigenvalue weighted by Crippen LogP contribution is 2.38. The monoisotopic (exact) mass is 252 g/mol. The lowest BCUT2D eigenvalue weighted by molar-refractivity contribution is -0.0814. The molecule has 2 N–H and O–H groups in total. The number of aryl methyl sites for hydroxylation is 1. The van der Waals surface area contributed by atoms with Crippen molar-refractivity contribution >= 4 is 0 Å². The van der Waals surface area contributed by atoms with E-state index in [2.05, 4.69) is 17.0 Å². The third-order valence-electron chi connectivity index (χ3n) is 3.91. The van der Waals surface area contributed by atoms with Crippen LogP contribution in [0.15, 0.2) is 6.33 Å². The van der Waals surface area contributed by atoms with Crippen LogP contribution in [0.25, 0.3) is 0 Å². The highest BCUT2D eigenvalue weighted by atomic mass is 16.5. The minimum atomic E-state index is 0.0367. The van der Waals surface area contributed by atoms with Gasteiger partial charge in [-0.25, -0.2) is 4.98 Å². The smallest absolute Gasteiger partial charge is 0.138 e. The Kier molecular flexibility index (Phi) is 4.35. The molecule has 1 atom stereocenters. The van der Waals surface area contributed by atoms with Crippen LogP contribution in [0.5, 0.6) is 0 Å². The lowest BCUT2D eigenvalue weighted by atomic mass is 9.75. The normalized spacial score (nSPS) is 19.5. The predicted octanol–water partition coefficient (Wildman–Crippen LogP) is 1.52. The molecular formula is C13H24N4O. The highest BCUT2D eigenvalue weighted by molar-refractivity contribution is 4.96. The minimum absolute atomic E-state index is 0.0367. The lowest BCUT2D eigenvalue weighted by Gasteiger charge is -2.42. The summed E-state index contributed by atoms with van der Waals surface area (Å²) in [7, 11) is 1.80. The zero-order valence-corrected chi connectivity index (χ0v) is 11.4. The topological polar surface area (TPSA) is 66.0 Å². The van der Waals surface area contributed by atoms with Crippen LogP contribution in [0, 0.1) is 0 Å². The third kappa shape index (κ3) is 2.90. The Morgan fingerprint density at radius 2 is 2.33 bits per heavy atom. The first-order valence-electron chi connectivity index (χ1n) is 6.86. The van der Waals surface area contributed by atoms with Crippen LogP contribution in [-0.2, 0) is 17.7 Å². The van der Waals surface area contributed by atoms with Crippen molar-refractivity contribution in [1.82, 2.24) is 14.8 Å². The van der Waals surface area contributed by atoms with Gasteiger partial charge in [0, 0.05) is 26.1 Å². The summed E-state index contributed by atoms with van der Waals surface area (Å²) in [5.41, 5.74) is 6.28. The number of methoxy groups -OCH3 is 1. The van der Waals surface area contributed by atoms with Crippen molar-refractivity contribution in [3.63, 3.8) is 0 Å². The predicted molar refractivity (Wildman–Crippen MR) is 70.2 cm³/mol. The average molecular weight is 252 g/mol. The minimum Gasteiger partial charge on any atom is -0.378 e. The van der Waals surface area contributed by atoms with Crippen molar-refractivity contribution < 1.29 is 4.74 Å². The van der Waals surface area contributed by atoms with Crippen molar-refractivity contribution in [2.75, 3.05) is 7.11 Å². The van der Waals surface area contributed by atoms with Gasteiger partial charge in [-0.05, 0) is 32.1 Å². The molecule has 2 rings (SSSR count). The molecule has 1 heterocycles. The maximum Gasteiger partial charge on any atom is 0.138 e. The molecule has 0 radical (unpaired) electrons. The molecule has 18 heavy (non-hydrogen) atoms. The maximum absolute atomic E-state index is 6.24. The summed E-state index contributed by atoms with van der Waals surface area (Å²) in [6, 6.07) is 0.102. The molecule has 0 aliphatic heterocycles. The fourth-order valence-electron chi connectivity index (χ4n) is 2.69. The molecule has 102 valence electrons. The Morgan fingerprint density at radius 1 is 1.56 bits per heavy atom. The molecule has 0 aromatic carbocycles. The van der Waals surface area contributed by atoms with Crippen molar-refractivity contribution in [1.29, 1.82) is 0 Å². The van der Waals surface area contributed by atoms with Crippen LogP contribution in [0.4, 0.5) is 0 Å². The van der Waals surface area contributed by atoms with E-state index in [4.69, 9.17) is 10.5 Å². The van der Waals surface area contributed by atoms with E-state index in [1.807, 2.05) is 4.68 Å². The van der Waals surface area contributed by atoms with Crippen molar-refractivity contribution in [3.8, 4) is 0 Å². The van der Waals surface area contributed by atoms with Crippen LogP contribution >= 0.6 is 0 Å². The Hall–Kier alpha value is -0.940. The molecule has 0 bridgehead atoms. The van der Waals surface area contributed by atoms with Crippen molar-refractivity contribution in [3.05, 3.63) is 12.2 Å². The molecule has 5 heteroatoms. The van der Waals surface area contributed by atoms with Gasteiger partial charge in [-0.2, -0.15) is 5.10 Å². The van der Waals surface area contributed by atoms with Crippen LogP contribution in [0.3, 0.4) is 0 Å². The lowest BCUT2D eigenvalue weighted by Crippen LogP contribution is -2.45. The highest BCUT2D eigenvalue weighted by Gasteiger charge is 2.38. The van der Waals surface area contributed by atoms with Crippen LogP contribution in [0.2, 0.25) is 0 Å². The van der Waals surface area contributed by atoms with Crippen molar-refractivity contribution in [2.45, 2.75) is 63.6 Å². The van der Waals surface area contributed by atoms with E-state index in [0.717, 1.165) is 44.5 Å². The molecule has 1 aromatic heterocycles. The van der Waals surface area contributed by atoms with Gasteiger partial charge in [0.25, 0.3) is 0 Å². The van der Waals surface area contributed by atoms with E-state index in [1.165, 1.54) is 6.42 Å². The Bertz CT molecular complexity index is 367. The molecule has 5 nitrogen and oxygen atoms in total. The third-order valence-corrected chi connectivity index (χ3v) is 3.91. The first-order valence-corrected chi connectivity index (χ1v) is 6.86. The second-order valence-corrected chi connectivity index (χ2v) is 5.31. The SMILES string of the molecule is CCCn1ncnc1CC(N)CC1(OC)CCC1. The summed E-state index contributed by atoms with van der Waals surface area (Å²) in [5, 5.41) is 4.23. The number of aromatic nitrogens is 3. The molecular weight excluding hydrogens is 228 g/mol. The molecule has 1 fully saturated rings. The van der Waals surface area contributed by atoms with Gasteiger partial charge in [0.15, 0.2) is 0 Å². The number of hydrogen-bond donors (Lipinski definition) is 1. The molecule has 0 amide bonds. The number of rotatable bonds is 7. The summed E-state index contributed by atoms with van der Waals surface area (Å²) in [6.45, 7) is 3.05. The Morgan fingerprint density at radius 3 is 2.89 bits per heavy atom. The summed E-state index contributed by atoms with van der Waals surface area (Å²) in [6.07, 6.45) is 7.92. The number of nitrogens with two attached hydrogens (primary N) is 1. The standard InChI is InChI=1S/C13H24N4O/c1-3-7-17-12(15-10-16-17)8-11(14)9-13(18-2)5-4-6-13/h10-11H,3-9,14H2,1-2H3. The zero-order chi connectivity index (χ0) is 13.0. The first kappa shape index (κ1) is 13.5. The quantitative estimate of drug-likeness (QED) is 0.799. The summed E-state index contributed by atoms with van der Waals surface area (Å²) in [4.78, 5) is 4.31. The van der Waals surface area contributed by atoms with Gasteiger partial charge < -0.3 is 10.5 Å². The van der Waals surface area contributed by atoms with E-state index >= 15 is 0 Å². The maximum atomic E-state index is 6.24. The summed E-state index contributed by atoms with van der Waals surface area (Å²) < 4.78 is 7.58. The van der Waals surface area contributed by atoms with Gasteiger partial charge in [-0.1, -0.05) is 6.92 Å². The molecule has 0 spiro atoms.